The first-order valence-electron chi connectivity index (χ1n) is 10.2. The molecule has 0 spiro atoms. The monoisotopic (exact) mass is 385 g/mol. The van der Waals surface area contributed by atoms with E-state index in [2.05, 4.69) is 6.92 Å². The average molecular weight is 385 g/mol. The minimum atomic E-state index is -0.776. The molecule has 1 aliphatic carbocycles. The Labute approximate surface area is 165 Å². The summed E-state index contributed by atoms with van der Waals surface area (Å²) in [6.07, 6.45) is 9.09. The number of rotatable bonds is 6. The van der Waals surface area contributed by atoms with Gasteiger partial charge in [-0.25, -0.2) is 13.2 Å². The van der Waals surface area contributed by atoms with Gasteiger partial charge in [-0.3, -0.25) is 0 Å². The van der Waals surface area contributed by atoms with Crippen molar-refractivity contribution in [1.29, 1.82) is 5.26 Å². The van der Waals surface area contributed by atoms with Crippen molar-refractivity contribution >= 4 is 0 Å². The zero-order valence-corrected chi connectivity index (χ0v) is 16.3. The maximum atomic E-state index is 14.6. The second kappa shape index (κ2) is 9.28. The van der Waals surface area contributed by atoms with Gasteiger partial charge in [0, 0.05) is 0 Å². The van der Waals surface area contributed by atoms with Gasteiger partial charge in [0.15, 0.2) is 0 Å². The van der Waals surface area contributed by atoms with E-state index in [-0.39, 0.29) is 16.7 Å². The fourth-order valence-electron chi connectivity index (χ4n) is 4.39. The van der Waals surface area contributed by atoms with Crippen molar-refractivity contribution in [2.75, 3.05) is 0 Å². The molecule has 3 rings (SSSR count). The molecule has 0 radical (unpaired) electrons. The quantitative estimate of drug-likeness (QED) is 0.516. The standard InChI is InChI=1S/C24H26F3N/c1-2-3-16-4-6-17(7-5-16)8-9-18-12-22(26)24(23(27)13-18)19-10-11-20(15-28)21(25)14-19/h10-14,16-17H,2-9H2,1H3. The maximum Gasteiger partial charge on any atom is 0.141 e. The Balaban J connectivity index is 1.67. The molecule has 1 aliphatic rings. The van der Waals surface area contributed by atoms with Gasteiger partial charge in [0.25, 0.3) is 0 Å². The van der Waals surface area contributed by atoms with Gasteiger partial charge in [-0.1, -0.05) is 51.5 Å². The van der Waals surface area contributed by atoms with E-state index in [1.54, 1.807) is 6.07 Å². The van der Waals surface area contributed by atoms with Crippen LogP contribution in [0.5, 0.6) is 0 Å². The number of aryl methyl sites for hydroxylation is 1. The topological polar surface area (TPSA) is 23.8 Å². The molecule has 0 amide bonds. The van der Waals surface area contributed by atoms with Crippen molar-refractivity contribution in [3.63, 3.8) is 0 Å². The second-order valence-electron chi connectivity index (χ2n) is 7.95. The normalized spacial score (nSPS) is 19.4. The molecular formula is C24H26F3N. The third-order valence-electron chi connectivity index (χ3n) is 5.98. The molecule has 0 saturated heterocycles. The van der Waals surface area contributed by atoms with Crippen molar-refractivity contribution in [2.24, 2.45) is 11.8 Å². The molecule has 0 bridgehead atoms. The lowest BCUT2D eigenvalue weighted by Crippen LogP contribution is -2.15. The van der Waals surface area contributed by atoms with E-state index in [9.17, 15) is 13.2 Å². The molecular weight excluding hydrogens is 359 g/mol. The van der Waals surface area contributed by atoms with Gasteiger partial charge in [-0.2, -0.15) is 5.26 Å². The minimum Gasteiger partial charge on any atom is -0.206 e. The Morgan fingerprint density at radius 3 is 2.04 bits per heavy atom. The first-order valence-corrected chi connectivity index (χ1v) is 10.2. The molecule has 0 N–H and O–H groups in total. The van der Waals surface area contributed by atoms with Crippen LogP contribution in [0.3, 0.4) is 0 Å². The predicted molar refractivity (Wildman–Crippen MR) is 105 cm³/mol. The number of hydrogen-bond donors (Lipinski definition) is 0. The Morgan fingerprint density at radius 2 is 1.50 bits per heavy atom. The third-order valence-corrected chi connectivity index (χ3v) is 5.98. The number of hydrogen-bond acceptors (Lipinski definition) is 1. The highest BCUT2D eigenvalue weighted by molar-refractivity contribution is 5.66. The summed E-state index contributed by atoms with van der Waals surface area (Å²) in [6.45, 7) is 2.23. The van der Waals surface area contributed by atoms with Gasteiger partial charge >= 0.3 is 0 Å². The molecule has 2 aromatic carbocycles. The molecule has 0 atom stereocenters. The summed E-state index contributed by atoms with van der Waals surface area (Å²) in [7, 11) is 0. The van der Waals surface area contributed by atoms with Gasteiger partial charge in [0.05, 0.1) is 11.1 Å². The van der Waals surface area contributed by atoms with E-state index < -0.39 is 17.5 Å². The number of benzene rings is 2. The molecule has 1 nitrogen and oxygen atoms in total. The van der Waals surface area contributed by atoms with E-state index in [0.29, 0.717) is 17.9 Å². The van der Waals surface area contributed by atoms with E-state index in [0.717, 1.165) is 18.4 Å². The van der Waals surface area contributed by atoms with E-state index >= 15 is 0 Å². The molecule has 1 saturated carbocycles. The van der Waals surface area contributed by atoms with Gasteiger partial charge < -0.3 is 0 Å². The molecule has 2 aromatic rings. The highest BCUT2D eigenvalue weighted by Crippen LogP contribution is 2.34. The molecule has 0 aliphatic heterocycles. The Kier molecular flexibility index (Phi) is 6.78. The molecule has 28 heavy (non-hydrogen) atoms. The summed E-state index contributed by atoms with van der Waals surface area (Å²) in [5.41, 5.74) is 0.359. The van der Waals surface area contributed by atoms with Gasteiger partial charge in [-0.15, -0.1) is 0 Å². The lowest BCUT2D eigenvalue weighted by Gasteiger charge is -2.28. The van der Waals surface area contributed by atoms with Crippen LogP contribution in [-0.2, 0) is 6.42 Å². The predicted octanol–water partition coefficient (Wildman–Crippen LogP) is 7.18. The summed E-state index contributed by atoms with van der Waals surface area (Å²) in [4.78, 5) is 0. The zero-order chi connectivity index (χ0) is 20.1. The molecule has 148 valence electrons. The number of nitrogens with zero attached hydrogens (tertiary/aromatic N) is 1. The van der Waals surface area contributed by atoms with Gasteiger partial charge in [-0.05, 0) is 60.1 Å². The van der Waals surface area contributed by atoms with Crippen LogP contribution in [0.4, 0.5) is 13.2 Å². The average Bonchev–Trinajstić information content (AvgIpc) is 2.67. The van der Waals surface area contributed by atoms with Gasteiger partial charge in [0.1, 0.15) is 23.5 Å². The first kappa shape index (κ1) is 20.5. The van der Waals surface area contributed by atoms with E-state index in [4.69, 9.17) is 5.26 Å². The van der Waals surface area contributed by atoms with Gasteiger partial charge in [0.2, 0.25) is 0 Å². The SMILES string of the molecule is CCCC1CCC(CCc2cc(F)c(-c3ccc(C#N)c(F)c3)c(F)c2)CC1. The summed E-state index contributed by atoms with van der Waals surface area (Å²) < 4.78 is 43.0. The van der Waals surface area contributed by atoms with E-state index in [1.165, 1.54) is 62.8 Å². The highest BCUT2D eigenvalue weighted by atomic mass is 19.1. The summed E-state index contributed by atoms with van der Waals surface area (Å²) >= 11 is 0. The fraction of sp³-hybridized carbons (Fsp3) is 0.458. The first-order chi connectivity index (χ1) is 13.5. The largest absolute Gasteiger partial charge is 0.206 e. The van der Waals surface area contributed by atoms with Crippen molar-refractivity contribution in [2.45, 2.75) is 58.3 Å². The molecule has 0 aromatic heterocycles. The van der Waals surface area contributed by atoms with Crippen LogP contribution in [0, 0.1) is 40.6 Å². The summed E-state index contributed by atoms with van der Waals surface area (Å²) in [5.74, 6) is -0.673. The van der Waals surface area contributed by atoms with Crippen molar-refractivity contribution < 1.29 is 13.2 Å². The number of halogens is 3. The van der Waals surface area contributed by atoms with Crippen LogP contribution in [0.15, 0.2) is 30.3 Å². The van der Waals surface area contributed by atoms with Crippen LogP contribution < -0.4 is 0 Å². The van der Waals surface area contributed by atoms with Crippen molar-refractivity contribution in [3.05, 3.63) is 58.9 Å². The Morgan fingerprint density at radius 1 is 0.893 bits per heavy atom. The lowest BCUT2D eigenvalue weighted by atomic mass is 9.78. The van der Waals surface area contributed by atoms with Crippen molar-refractivity contribution in [3.8, 4) is 17.2 Å². The Bertz CT molecular complexity index is 838. The second-order valence-corrected chi connectivity index (χ2v) is 7.95. The molecule has 0 heterocycles. The third kappa shape index (κ3) is 4.76. The Hall–Kier alpha value is -2.28. The number of nitriles is 1. The van der Waals surface area contributed by atoms with Crippen LogP contribution >= 0.6 is 0 Å². The van der Waals surface area contributed by atoms with Crippen molar-refractivity contribution in [1.82, 2.24) is 0 Å². The smallest absolute Gasteiger partial charge is 0.141 e. The molecule has 1 fully saturated rings. The highest BCUT2D eigenvalue weighted by Gasteiger charge is 2.21. The van der Waals surface area contributed by atoms with E-state index in [1.807, 2.05) is 0 Å². The van der Waals surface area contributed by atoms with Crippen LogP contribution in [0.1, 0.15) is 63.0 Å². The fourth-order valence-corrected chi connectivity index (χ4v) is 4.39. The molecule has 4 heteroatoms. The summed E-state index contributed by atoms with van der Waals surface area (Å²) in [6, 6.07) is 8.05. The van der Waals surface area contributed by atoms with Crippen LogP contribution in [0.25, 0.3) is 11.1 Å². The molecule has 0 unspecified atom stereocenters. The minimum absolute atomic E-state index is 0.104. The summed E-state index contributed by atoms with van der Waals surface area (Å²) in [5, 5.41) is 8.79. The lowest BCUT2D eigenvalue weighted by molar-refractivity contribution is 0.252. The zero-order valence-electron chi connectivity index (χ0n) is 16.3. The van der Waals surface area contributed by atoms with Crippen LogP contribution in [-0.4, -0.2) is 0 Å². The van der Waals surface area contributed by atoms with Crippen LogP contribution in [0.2, 0.25) is 0 Å². The maximum absolute atomic E-state index is 14.6.